The van der Waals surface area contributed by atoms with Crippen LogP contribution in [0.1, 0.15) is 30.1 Å². The highest BCUT2D eigenvalue weighted by Crippen LogP contribution is 2.53. The molecule has 2 saturated heterocycles. The second-order valence-electron chi connectivity index (χ2n) is 11.3. The largest absolute Gasteiger partial charge is 0.455 e. The molecule has 4 aliphatic rings. The number of hydrogen-bond donors (Lipinski definition) is 2. The van der Waals surface area contributed by atoms with Crippen LogP contribution in [0.15, 0.2) is 85.0 Å². The lowest BCUT2D eigenvalue weighted by Crippen LogP contribution is -2.55. The zero-order valence-electron chi connectivity index (χ0n) is 23.7. The smallest absolute Gasteiger partial charge is 0.313 e. The highest BCUT2D eigenvalue weighted by molar-refractivity contribution is 5.99. The minimum absolute atomic E-state index is 0.0758. The van der Waals surface area contributed by atoms with Gasteiger partial charge in [0, 0.05) is 26.1 Å². The SMILES string of the molecule is O=C1CC/C=C\[C@@H]2O[C@@]34C=CCN(Cc5ccccc5)C(=O)[C@@H]3N(CCO)C(=O)[C@H]4[C@@H]2C(=O)O[C@@H](c2ccccc2)CN1. The monoisotopic (exact) mass is 585 g/mol. The van der Waals surface area contributed by atoms with Gasteiger partial charge in [0.15, 0.2) is 0 Å². The molecule has 0 saturated carbocycles. The lowest BCUT2D eigenvalue weighted by molar-refractivity contribution is -0.160. The van der Waals surface area contributed by atoms with Crippen molar-refractivity contribution in [2.45, 2.75) is 43.2 Å². The Hall–Kier alpha value is -4.28. The van der Waals surface area contributed by atoms with Crippen LogP contribution in [0.25, 0.3) is 0 Å². The summed E-state index contributed by atoms with van der Waals surface area (Å²) >= 11 is 0. The first-order chi connectivity index (χ1) is 20.9. The molecule has 2 fully saturated rings. The fourth-order valence-corrected chi connectivity index (χ4v) is 6.75. The summed E-state index contributed by atoms with van der Waals surface area (Å²) in [6.45, 7) is 0.270. The van der Waals surface area contributed by atoms with Crippen molar-refractivity contribution in [3.63, 3.8) is 0 Å². The van der Waals surface area contributed by atoms with Crippen molar-refractivity contribution >= 4 is 23.7 Å². The first kappa shape index (κ1) is 28.8. The van der Waals surface area contributed by atoms with E-state index >= 15 is 0 Å². The van der Waals surface area contributed by atoms with Gasteiger partial charge in [-0.15, -0.1) is 0 Å². The van der Waals surface area contributed by atoms with E-state index in [1.165, 1.54) is 4.90 Å². The maximum absolute atomic E-state index is 14.2. The van der Waals surface area contributed by atoms with Gasteiger partial charge in [0.1, 0.15) is 23.7 Å². The van der Waals surface area contributed by atoms with Gasteiger partial charge in [0.05, 0.1) is 25.2 Å². The number of fused-ring (bicyclic) bond motifs is 2. The minimum Gasteiger partial charge on any atom is -0.455 e. The zero-order valence-corrected chi connectivity index (χ0v) is 23.7. The Bertz CT molecular complexity index is 1430. The predicted molar refractivity (Wildman–Crippen MR) is 155 cm³/mol. The fourth-order valence-electron chi connectivity index (χ4n) is 6.75. The number of carbonyl (C=O) groups excluding carboxylic acids is 4. The molecule has 3 amide bonds. The lowest BCUT2D eigenvalue weighted by Gasteiger charge is -2.35. The molecule has 2 aromatic carbocycles. The fraction of sp³-hybridized carbons (Fsp3) is 0.394. The number of benzene rings is 2. The maximum atomic E-state index is 14.2. The second kappa shape index (κ2) is 12.1. The summed E-state index contributed by atoms with van der Waals surface area (Å²) in [6.07, 6.45) is 6.05. The molecule has 0 aromatic heterocycles. The first-order valence-corrected chi connectivity index (χ1v) is 14.7. The number of rotatable bonds is 5. The topological polar surface area (TPSA) is 125 Å². The maximum Gasteiger partial charge on any atom is 0.313 e. The van der Waals surface area contributed by atoms with Gasteiger partial charge in [-0.3, -0.25) is 19.2 Å². The quantitative estimate of drug-likeness (QED) is 0.406. The number of nitrogens with zero attached hydrogens (tertiary/aromatic N) is 2. The first-order valence-electron chi connectivity index (χ1n) is 14.7. The van der Waals surface area contributed by atoms with E-state index in [4.69, 9.17) is 9.47 Å². The van der Waals surface area contributed by atoms with Gasteiger partial charge in [-0.25, -0.2) is 0 Å². The zero-order chi connectivity index (χ0) is 30.0. The molecule has 10 heteroatoms. The molecule has 0 aliphatic carbocycles. The van der Waals surface area contributed by atoms with E-state index in [0.717, 1.165) is 5.56 Å². The number of esters is 1. The highest BCUT2D eigenvalue weighted by Gasteiger charge is 2.71. The Labute approximate surface area is 249 Å². The molecule has 2 aromatic rings. The van der Waals surface area contributed by atoms with Gasteiger partial charge in [-0.05, 0) is 17.5 Å². The lowest BCUT2D eigenvalue weighted by atomic mass is 9.78. The van der Waals surface area contributed by atoms with Crippen LogP contribution in [0.3, 0.4) is 0 Å². The van der Waals surface area contributed by atoms with Crippen LogP contribution in [0.2, 0.25) is 0 Å². The Balaban J connectivity index is 1.39. The molecule has 0 bridgehead atoms. The second-order valence-corrected chi connectivity index (χ2v) is 11.3. The van der Waals surface area contributed by atoms with E-state index in [9.17, 15) is 24.3 Å². The number of hydrogen-bond acceptors (Lipinski definition) is 7. The van der Waals surface area contributed by atoms with E-state index < -0.39 is 47.6 Å². The predicted octanol–water partition coefficient (Wildman–Crippen LogP) is 1.91. The van der Waals surface area contributed by atoms with Crippen LogP contribution in [0, 0.1) is 11.8 Å². The number of nitrogens with one attached hydrogen (secondary N) is 1. The third kappa shape index (κ3) is 5.36. The van der Waals surface area contributed by atoms with E-state index in [-0.39, 0.29) is 37.9 Å². The molecular weight excluding hydrogens is 550 g/mol. The van der Waals surface area contributed by atoms with Crippen LogP contribution >= 0.6 is 0 Å². The highest BCUT2D eigenvalue weighted by atomic mass is 16.6. The molecule has 2 N–H and O–H groups in total. The Kier molecular flexibility index (Phi) is 8.14. The number of aliphatic hydroxyl groups excluding tert-OH is 1. The van der Waals surface area contributed by atoms with Crippen molar-refractivity contribution in [3.8, 4) is 0 Å². The molecule has 4 heterocycles. The number of amides is 3. The molecular formula is C33H35N3O7. The van der Waals surface area contributed by atoms with Gasteiger partial charge in [0.25, 0.3) is 0 Å². The van der Waals surface area contributed by atoms with E-state index in [1.54, 1.807) is 23.1 Å². The van der Waals surface area contributed by atoms with Gasteiger partial charge in [0.2, 0.25) is 17.7 Å². The van der Waals surface area contributed by atoms with Crippen molar-refractivity contribution in [1.82, 2.24) is 15.1 Å². The van der Waals surface area contributed by atoms with Gasteiger partial charge in [-0.1, -0.05) is 85.0 Å². The van der Waals surface area contributed by atoms with Crippen LogP contribution in [-0.2, 0) is 35.2 Å². The van der Waals surface area contributed by atoms with Crippen molar-refractivity contribution in [2.75, 3.05) is 26.2 Å². The third-order valence-corrected chi connectivity index (χ3v) is 8.68. The van der Waals surface area contributed by atoms with E-state index in [2.05, 4.69) is 5.32 Å². The van der Waals surface area contributed by atoms with Crippen LogP contribution in [-0.4, -0.2) is 82.6 Å². The molecule has 43 heavy (non-hydrogen) atoms. The number of aliphatic hydroxyl groups is 1. The van der Waals surface area contributed by atoms with Crippen molar-refractivity contribution in [1.29, 1.82) is 0 Å². The number of likely N-dealkylation sites (tertiary alicyclic amines) is 1. The molecule has 10 nitrogen and oxygen atoms in total. The number of carbonyl (C=O) groups is 4. The summed E-state index contributed by atoms with van der Waals surface area (Å²) in [5.74, 6) is -3.67. The van der Waals surface area contributed by atoms with Crippen molar-refractivity contribution < 1.29 is 33.8 Å². The summed E-state index contributed by atoms with van der Waals surface area (Å²) in [6, 6.07) is 17.6. The van der Waals surface area contributed by atoms with Crippen molar-refractivity contribution in [3.05, 3.63) is 96.1 Å². The summed E-state index contributed by atoms with van der Waals surface area (Å²) in [4.78, 5) is 58.0. The summed E-state index contributed by atoms with van der Waals surface area (Å²) < 4.78 is 12.7. The molecule has 1 spiro atoms. The minimum atomic E-state index is -1.44. The Morgan fingerprint density at radius 3 is 2.44 bits per heavy atom. The number of cyclic esters (lactones) is 1. The Morgan fingerprint density at radius 2 is 1.70 bits per heavy atom. The summed E-state index contributed by atoms with van der Waals surface area (Å²) in [7, 11) is 0. The number of ether oxygens (including phenoxy) is 2. The molecule has 0 unspecified atom stereocenters. The summed E-state index contributed by atoms with van der Waals surface area (Å²) in [5.41, 5.74) is 0.196. The third-order valence-electron chi connectivity index (χ3n) is 8.68. The van der Waals surface area contributed by atoms with Crippen LogP contribution in [0.5, 0.6) is 0 Å². The molecule has 224 valence electrons. The van der Waals surface area contributed by atoms with Crippen LogP contribution in [0.4, 0.5) is 0 Å². The molecule has 4 aliphatic heterocycles. The number of allylic oxidation sites excluding steroid dienone is 1. The van der Waals surface area contributed by atoms with Gasteiger partial charge >= 0.3 is 5.97 Å². The standard InChI is InChI=1S/C33H35N3O7/c37-19-18-36-29-31(40)35(21-22-10-3-1-4-11-22)17-9-16-33(29)28(30(36)39)27-24(43-33)14-7-8-15-26(38)34-20-25(42-32(27)41)23-12-5-2-6-13-23/h1-7,9-14,16,24-25,27-29,37H,8,15,17-21H2,(H,34,38)/b14-7-/t24-,25+,27+,28+,29-,33+/m0/s1. The van der Waals surface area contributed by atoms with Crippen molar-refractivity contribution in [2.24, 2.45) is 11.8 Å². The Morgan fingerprint density at radius 1 is 0.953 bits per heavy atom. The average molecular weight is 586 g/mol. The van der Waals surface area contributed by atoms with E-state index in [1.807, 2.05) is 66.7 Å². The molecule has 0 radical (unpaired) electrons. The number of β-amino-alcohol motifs (C(OH)–C–C–N with tert-alkyl or cyclic N) is 1. The van der Waals surface area contributed by atoms with Gasteiger partial charge < -0.3 is 29.7 Å². The average Bonchev–Trinajstić information content (AvgIpc) is 3.40. The molecule has 6 rings (SSSR count). The molecule has 6 atom stereocenters. The van der Waals surface area contributed by atoms with Gasteiger partial charge in [-0.2, -0.15) is 0 Å². The van der Waals surface area contributed by atoms with E-state index in [0.29, 0.717) is 25.1 Å². The normalized spacial score (nSPS) is 31.6. The summed E-state index contributed by atoms with van der Waals surface area (Å²) in [5, 5.41) is 12.8. The van der Waals surface area contributed by atoms with Crippen LogP contribution < -0.4 is 5.32 Å².